The number of hydrogen-bond donors (Lipinski definition) is 2. The van der Waals surface area contributed by atoms with E-state index in [1.807, 2.05) is 54.5 Å². The van der Waals surface area contributed by atoms with E-state index in [9.17, 15) is 14.7 Å². The fraction of sp³-hybridized carbons (Fsp3) is 0.424. The average molecular weight is 547 g/mol. The van der Waals surface area contributed by atoms with E-state index in [-0.39, 0.29) is 18.7 Å². The van der Waals surface area contributed by atoms with Crippen LogP contribution in [0.2, 0.25) is 0 Å². The highest BCUT2D eigenvalue weighted by atomic mass is 16.6. The van der Waals surface area contributed by atoms with Crippen LogP contribution in [0.3, 0.4) is 0 Å². The number of aryl methyl sites for hydroxylation is 4. The van der Waals surface area contributed by atoms with Crippen molar-refractivity contribution in [3.8, 4) is 16.9 Å². The molecule has 0 aliphatic rings. The Balaban J connectivity index is 2.17. The van der Waals surface area contributed by atoms with E-state index in [2.05, 4.69) is 43.4 Å². The zero-order valence-corrected chi connectivity index (χ0v) is 25.2. The number of carboxylic acids is 1. The molecule has 3 aromatic rings. The summed E-state index contributed by atoms with van der Waals surface area (Å²) in [5.74, 6) is -0.356. The Kier molecular flexibility index (Phi) is 9.61. The molecule has 7 nitrogen and oxygen atoms in total. The van der Waals surface area contributed by atoms with Crippen LogP contribution >= 0.6 is 0 Å². The third-order valence-corrected chi connectivity index (χ3v) is 6.45. The van der Waals surface area contributed by atoms with Gasteiger partial charge in [0, 0.05) is 29.1 Å². The lowest BCUT2D eigenvalue weighted by molar-refractivity contribution is 0.0523. The predicted molar refractivity (Wildman–Crippen MR) is 158 cm³/mol. The minimum absolute atomic E-state index is 0.119. The molecule has 0 saturated heterocycles. The summed E-state index contributed by atoms with van der Waals surface area (Å²) in [6.45, 7) is 17.8. The first-order valence-corrected chi connectivity index (χ1v) is 13.7. The topological polar surface area (TPSA) is 97.8 Å². The van der Waals surface area contributed by atoms with Crippen LogP contribution in [-0.4, -0.2) is 27.8 Å². The van der Waals surface area contributed by atoms with Crippen LogP contribution < -0.4 is 10.1 Å². The summed E-state index contributed by atoms with van der Waals surface area (Å²) in [4.78, 5) is 29.7. The van der Waals surface area contributed by atoms with Crippen molar-refractivity contribution in [2.45, 2.75) is 87.5 Å². The van der Waals surface area contributed by atoms with E-state index in [0.29, 0.717) is 11.7 Å². The van der Waals surface area contributed by atoms with Gasteiger partial charge in [0.2, 0.25) is 0 Å². The molecule has 0 fully saturated rings. The summed E-state index contributed by atoms with van der Waals surface area (Å²) in [5.41, 5.74) is 7.59. The average Bonchev–Trinajstić information content (AvgIpc) is 2.82. The Hall–Kier alpha value is -3.87. The van der Waals surface area contributed by atoms with Crippen molar-refractivity contribution < 1.29 is 24.2 Å². The minimum atomic E-state index is -1.04. The summed E-state index contributed by atoms with van der Waals surface area (Å²) in [6.07, 6.45) is 0.226. The number of ether oxygens (including phenoxy) is 2. The molecule has 0 aliphatic carbocycles. The molecule has 2 N–H and O–H groups in total. The number of carbonyl (C=O) groups excluding carboxylic acids is 1. The predicted octanol–water partition coefficient (Wildman–Crippen LogP) is 7.48. The number of pyridine rings is 1. The van der Waals surface area contributed by atoms with Gasteiger partial charge < -0.3 is 19.9 Å². The van der Waals surface area contributed by atoms with E-state index in [1.54, 1.807) is 6.07 Å². The molecular formula is C33H42N2O5. The number of hydrogen-bond acceptors (Lipinski definition) is 5. The second kappa shape index (κ2) is 12.5. The number of alkyl carbamates (subject to hydrolysis) is 1. The molecule has 3 rings (SSSR count). The molecule has 7 heteroatoms. The monoisotopic (exact) mass is 546 g/mol. The van der Waals surface area contributed by atoms with E-state index in [0.717, 1.165) is 56.8 Å². The van der Waals surface area contributed by atoms with Crippen molar-refractivity contribution >= 4 is 12.1 Å². The largest absolute Gasteiger partial charge is 0.488 e. The third-order valence-electron chi connectivity index (χ3n) is 6.45. The molecule has 0 bridgehead atoms. The molecule has 1 heterocycles. The molecule has 0 unspecified atom stereocenters. The quantitative estimate of drug-likeness (QED) is 0.289. The van der Waals surface area contributed by atoms with Crippen LogP contribution in [0.25, 0.3) is 11.1 Å². The number of aromatic carboxylic acids is 1. The summed E-state index contributed by atoms with van der Waals surface area (Å²) < 4.78 is 11.8. The van der Waals surface area contributed by atoms with Gasteiger partial charge in [-0.15, -0.1) is 0 Å². The Morgan fingerprint density at radius 2 is 1.62 bits per heavy atom. The Labute approximate surface area is 237 Å². The van der Waals surface area contributed by atoms with Crippen LogP contribution in [0.15, 0.2) is 36.4 Å². The van der Waals surface area contributed by atoms with Crippen molar-refractivity contribution in [2.24, 2.45) is 5.92 Å². The van der Waals surface area contributed by atoms with E-state index in [4.69, 9.17) is 14.5 Å². The van der Waals surface area contributed by atoms with Gasteiger partial charge in [-0.3, -0.25) is 4.98 Å². The number of amides is 1. The normalized spacial score (nSPS) is 11.4. The summed E-state index contributed by atoms with van der Waals surface area (Å²) >= 11 is 0. The van der Waals surface area contributed by atoms with Gasteiger partial charge in [0.05, 0.1) is 0 Å². The van der Waals surface area contributed by atoms with E-state index >= 15 is 0 Å². The maximum atomic E-state index is 12.7. The molecule has 0 radical (unpaired) electrons. The summed E-state index contributed by atoms with van der Waals surface area (Å²) in [7, 11) is 0. The SMILES string of the molecule is Cc1ccc(-c2c(COc3c(C)cc(C)cc3C(=O)O)c(C)nc(CC(C)C)c2CNC(=O)OC(C)(C)C)cc1. The second-order valence-electron chi connectivity index (χ2n) is 11.8. The van der Waals surface area contributed by atoms with E-state index < -0.39 is 17.7 Å². The standard InChI is InChI=1S/C33H42N2O5/c1-19(2)14-28-26(17-34-32(38)40-33(7,8)9)29(24-12-10-20(3)11-13-24)27(23(6)35-28)18-39-30-22(5)15-21(4)16-25(30)31(36)37/h10-13,15-16,19H,14,17-18H2,1-9H3,(H,34,38)(H,36,37). The van der Waals surface area contributed by atoms with Gasteiger partial charge in [-0.25, -0.2) is 9.59 Å². The van der Waals surface area contributed by atoms with Gasteiger partial charge in [0.25, 0.3) is 0 Å². The smallest absolute Gasteiger partial charge is 0.407 e. The van der Waals surface area contributed by atoms with Crippen molar-refractivity contribution in [3.05, 3.63) is 81.2 Å². The van der Waals surface area contributed by atoms with Crippen LogP contribution in [-0.2, 0) is 24.3 Å². The van der Waals surface area contributed by atoms with Gasteiger partial charge >= 0.3 is 12.1 Å². The van der Waals surface area contributed by atoms with Gasteiger partial charge in [0.15, 0.2) is 0 Å². The molecule has 0 atom stereocenters. The maximum absolute atomic E-state index is 12.7. The number of aromatic nitrogens is 1. The number of nitrogens with zero attached hydrogens (tertiary/aromatic N) is 1. The number of carboxylic acid groups (broad SMARTS) is 1. The first kappa shape index (κ1) is 30.7. The lowest BCUT2D eigenvalue weighted by Crippen LogP contribution is -2.32. The van der Waals surface area contributed by atoms with Crippen LogP contribution in [0.4, 0.5) is 4.79 Å². The lowest BCUT2D eigenvalue weighted by Gasteiger charge is -2.24. The number of rotatable bonds is 9. The molecule has 0 spiro atoms. The molecule has 1 amide bonds. The molecule has 2 aromatic carbocycles. The number of benzene rings is 2. The minimum Gasteiger partial charge on any atom is -0.488 e. The molecular weight excluding hydrogens is 504 g/mol. The molecule has 214 valence electrons. The Morgan fingerprint density at radius 1 is 0.975 bits per heavy atom. The van der Waals surface area contributed by atoms with Crippen LogP contribution in [0.1, 0.15) is 84.2 Å². The van der Waals surface area contributed by atoms with Crippen LogP contribution in [0.5, 0.6) is 5.75 Å². The van der Waals surface area contributed by atoms with Crippen molar-refractivity contribution in [1.82, 2.24) is 10.3 Å². The Morgan fingerprint density at radius 3 is 2.20 bits per heavy atom. The fourth-order valence-corrected chi connectivity index (χ4v) is 4.76. The van der Waals surface area contributed by atoms with Crippen LogP contribution in [0, 0.1) is 33.6 Å². The maximum Gasteiger partial charge on any atom is 0.407 e. The highest BCUT2D eigenvalue weighted by Crippen LogP contribution is 2.35. The first-order valence-electron chi connectivity index (χ1n) is 13.7. The third kappa shape index (κ3) is 7.84. The van der Waals surface area contributed by atoms with E-state index in [1.165, 1.54) is 0 Å². The lowest BCUT2D eigenvalue weighted by atomic mass is 9.90. The van der Waals surface area contributed by atoms with Crippen molar-refractivity contribution in [1.29, 1.82) is 0 Å². The second-order valence-corrected chi connectivity index (χ2v) is 11.8. The summed E-state index contributed by atoms with van der Waals surface area (Å²) in [6, 6.07) is 11.8. The zero-order valence-electron chi connectivity index (χ0n) is 25.2. The van der Waals surface area contributed by atoms with Gasteiger partial charge in [-0.1, -0.05) is 49.7 Å². The molecule has 0 saturated carbocycles. The molecule has 0 aliphatic heterocycles. The number of nitrogens with one attached hydrogen (secondary N) is 1. The van der Waals surface area contributed by atoms with Crippen molar-refractivity contribution in [2.75, 3.05) is 0 Å². The highest BCUT2D eigenvalue weighted by molar-refractivity contribution is 5.91. The molecule has 40 heavy (non-hydrogen) atoms. The highest BCUT2D eigenvalue weighted by Gasteiger charge is 2.24. The Bertz CT molecular complexity index is 1390. The van der Waals surface area contributed by atoms with Crippen molar-refractivity contribution in [3.63, 3.8) is 0 Å². The summed E-state index contributed by atoms with van der Waals surface area (Å²) in [5, 5.41) is 12.8. The molecule has 1 aromatic heterocycles. The van der Waals surface area contributed by atoms with Gasteiger partial charge in [-0.2, -0.15) is 0 Å². The first-order chi connectivity index (χ1) is 18.7. The van der Waals surface area contributed by atoms with Gasteiger partial charge in [-0.05, 0) is 89.1 Å². The zero-order chi connectivity index (χ0) is 29.8. The fourth-order valence-electron chi connectivity index (χ4n) is 4.76. The number of carbonyl (C=O) groups is 2. The van der Waals surface area contributed by atoms with Gasteiger partial charge in [0.1, 0.15) is 23.5 Å².